The van der Waals surface area contributed by atoms with Gasteiger partial charge in [0.15, 0.2) is 0 Å². The zero-order valence-electron chi connectivity index (χ0n) is 12.2. The van der Waals surface area contributed by atoms with E-state index >= 15 is 0 Å². The van der Waals surface area contributed by atoms with Crippen LogP contribution in [0.4, 0.5) is 0 Å². The van der Waals surface area contributed by atoms with Crippen molar-refractivity contribution in [2.24, 2.45) is 11.3 Å². The van der Waals surface area contributed by atoms with Gasteiger partial charge in [0.05, 0.1) is 0 Å². The molecular weight excluding hydrogens is 210 g/mol. The highest BCUT2D eigenvalue weighted by Crippen LogP contribution is 2.37. The maximum Gasteiger partial charge on any atom is 0.0471 e. The van der Waals surface area contributed by atoms with Gasteiger partial charge in [0.25, 0.3) is 0 Å². The molecule has 1 unspecified atom stereocenters. The van der Waals surface area contributed by atoms with Gasteiger partial charge in [0.1, 0.15) is 0 Å². The van der Waals surface area contributed by atoms with Crippen LogP contribution in [0.2, 0.25) is 0 Å². The Kier molecular flexibility index (Phi) is 6.50. The third kappa shape index (κ3) is 5.39. The third-order valence-electron chi connectivity index (χ3n) is 4.00. The number of hydrogen-bond donors (Lipinski definition) is 1. The summed E-state index contributed by atoms with van der Waals surface area (Å²) in [6.45, 7) is 12.3. The van der Waals surface area contributed by atoms with Crippen molar-refractivity contribution in [3.05, 3.63) is 0 Å². The van der Waals surface area contributed by atoms with Gasteiger partial charge in [0.2, 0.25) is 0 Å². The van der Waals surface area contributed by atoms with Gasteiger partial charge in [-0.2, -0.15) is 0 Å². The molecule has 1 aliphatic heterocycles. The van der Waals surface area contributed by atoms with Crippen LogP contribution in [0.5, 0.6) is 0 Å². The predicted octanol–water partition coefficient (Wildman–Crippen LogP) is 3.61. The Labute approximate surface area is 108 Å². The van der Waals surface area contributed by atoms with Gasteiger partial charge in [-0.15, -0.1) is 0 Å². The molecule has 1 saturated heterocycles. The molecule has 1 heterocycles. The molecule has 0 aliphatic carbocycles. The Morgan fingerprint density at radius 2 is 1.82 bits per heavy atom. The van der Waals surface area contributed by atoms with E-state index in [9.17, 15) is 0 Å². The van der Waals surface area contributed by atoms with Crippen LogP contribution in [0, 0.1) is 11.3 Å². The second-order valence-electron chi connectivity index (χ2n) is 6.25. The van der Waals surface area contributed by atoms with Crippen molar-refractivity contribution in [1.29, 1.82) is 0 Å². The molecule has 0 aromatic rings. The molecule has 0 aromatic heterocycles. The van der Waals surface area contributed by atoms with Crippen LogP contribution in [-0.4, -0.2) is 25.8 Å². The molecule has 102 valence electrons. The number of nitrogens with one attached hydrogen (secondary N) is 1. The van der Waals surface area contributed by atoms with Crippen molar-refractivity contribution in [3.8, 4) is 0 Å². The van der Waals surface area contributed by atoms with Gasteiger partial charge in [0, 0.05) is 25.8 Å². The van der Waals surface area contributed by atoms with Gasteiger partial charge in [-0.05, 0) is 30.6 Å². The van der Waals surface area contributed by atoms with Gasteiger partial charge in [-0.3, -0.25) is 0 Å². The first kappa shape index (κ1) is 15.0. The second kappa shape index (κ2) is 7.38. The monoisotopic (exact) mass is 241 g/mol. The lowest BCUT2D eigenvalue weighted by molar-refractivity contribution is 0.00177. The van der Waals surface area contributed by atoms with Crippen LogP contribution in [0.3, 0.4) is 0 Å². The Hall–Kier alpha value is -0.0800. The van der Waals surface area contributed by atoms with Crippen LogP contribution in [0.1, 0.15) is 59.8 Å². The molecular formula is C15H31NO. The number of hydrogen-bond acceptors (Lipinski definition) is 2. The van der Waals surface area contributed by atoms with Crippen molar-refractivity contribution in [2.45, 2.75) is 65.8 Å². The van der Waals surface area contributed by atoms with Gasteiger partial charge in [-0.25, -0.2) is 0 Å². The van der Waals surface area contributed by atoms with Crippen LogP contribution < -0.4 is 5.32 Å². The molecule has 1 aliphatic rings. The molecule has 2 nitrogen and oxygen atoms in total. The summed E-state index contributed by atoms with van der Waals surface area (Å²) in [5.74, 6) is 0.854. The molecule has 0 amide bonds. The quantitative estimate of drug-likeness (QED) is 0.735. The molecule has 1 rings (SSSR count). The number of ether oxygens (including phenoxy) is 1. The summed E-state index contributed by atoms with van der Waals surface area (Å²) in [6.07, 6.45) is 6.51. The van der Waals surface area contributed by atoms with Gasteiger partial charge >= 0.3 is 0 Å². The lowest BCUT2D eigenvalue weighted by Crippen LogP contribution is -2.42. The topological polar surface area (TPSA) is 21.3 Å². The highest BCUT2D eigenvalue weighted by molar-refractivity contribution is 4.86. The fraction of sp³-hybridized carbons (Fsp3) is 1.00. The maximum atomic E-state index is 5.55. The minimum atomic E-state index is 0.497. The Morgan fingerprint density at radius 3 is 2.35 bits per heavy atom. The first-order chi connectivity index (χ1) is 8.08. The molecule has 0 radical (unpaired) electrons. The molecule has 0 bridgehead atoms. The lowest BCUT2D eigenvalue weighted by Gasteiger charge is -2.40. The van der Waals surface area contributed by atoms with E-state index in [2.05, 4.69) is 33.0 Å². The largest absolute Gasteiger partial charge is 0.381 e. The Balaban J connectivity index is 2.51. The van der Waals surface area contributed by atoms with Crippen LogP contribution in [0.25, 0.3) is 0 Å². The minimum absolute atomic E-state index is 0.497. The predicted molar refractivity (Wildman–Crippen MR) is 74.3 cm³/mol. The maximum absolute atomic E-state index is 5.55. The summed E-state index contributed by atoms with van der Waals surface area (Å²) in [5, 5.41) is 3.65. The van der Waals surface area contributed by atoms with E-state index in [0.29, 0.717) is 11.5 Å². The first-order valence-corrected chi connectivity index (χ1v) is 7.39. The molecule has 1 atom stereocenters. The van der Waals surface area contributed by atoms with Crippen LogP contribution in [-0.2, 0) is 4.74 Å². The fourth-order valence-corrected chi connectivity index (χ4v) is 3.01. The highest BCUT2D eigenvalue weighted by atomic mass is 16.5. The summed E-state index contributed by atoms with van der Waals surface area (Å²) in [4.78, 5) is 0. The third-order valence-corrected chi connectivity index (χ3v) is 4.00. The molecule has 2 heteroatoms. The minimum Gasteiger partial charge on any atom is -0.381 e. The lowest BCUT2D eigenvalue weighted by atomic mass is 9.73. The van der Waals surface area contributed by atoms with Crippen molar-refractivity contribution >= 4 is 0 Å². The standard InChI is InChI=1S/C15H31NO/c1-5-6-14(4)11-15(12-16-13(2)3)7-9-17-10-8-15/h13-14,16H,5-12H2,1-4H3. The van der Waals surface area contributed by atoms with Crippen molar-refractivity contribution in [1.82, 2.24) is 5.32 Å². The first-order valence-electron chi connectivity index (χ1n) is 7.39. The molecule has 0 saturated carbocycles. The molecule has 17 heavy (non-hydrogen) atoms. The molecule has 0 spiro atoms. The summed E-state index contributed by atoms with van der Waals surface area (Å²) < 4.78 is 5.55. The van der Waals surface area contributed by atoms with Crippen molar-refractivity contribution in [2.75, 3.05) is 19.8 Å². The fourth-order valence-electron chi connectivity index (χ4n) is 3.01. The van der Waals surface area contributed by atoms with E-state index in [1.807, 2.05) is 0 Å². The second-order valence-corrected chi connectivity index (χ2v) is 6.25. The van der Waals surface area contributed by atoms with Gasteiger partial charge in [-0.1, -0.05) is 40.5 Å². The average Bonchev–Trinajstić information content (AvgIpc) is 2.28. The normalized spacial score (nSPS) is 21.7. The van der Waals surface area contributed by atoms with E-state index in [1.54, 1.807) is 0 Å². The van der Waals surface area contributed by atoms with E-state index in [1.165, 1.54) is 38.6 Å². The van der Waals surface area contributed by atoms with E-state index in [4.69, 9.17) is 4.74 Å². The van der Waals surface area contributed by atoms with Crippen molar-refractivity contribution < 1.29 is 4.74 Å². The Morgan fingerprint density at radius 1 is 1.18 bits per heavy atom. The zero-order chi connectivity index (χ0) is 12.7. The van der Waals surface area contributed by atoms with E-state index < -0.39 is 0 Å². The highest BCUT2D eigenvalue weighted by Gasteiger charge is 2.33. The van der Waals surface area contributed by atoms with Crippen LogP contribution >= 0.6 is 0 Å². The summed E-state index contributed by atoms with van der Waals surface area (Å²) in [7, 11) is 0. The SMILES string of the molecule is CCCC(C)CC1(CNC(C)C)CCOCC1. The molecule has 1 N–H and O–H groups in total. The zero-order valence-corrected chi connectivity index (χ0v) is 12.2. The smallest absolute Gasteiger partial charge is 0.0471 e. The molecule has 0 aromatic carbocycles. The van der Waals surface area contributed by atoms with Crippen LogP contribution in [0.15, 0.2) is 0 Å². The Bertz CT molecular complexity index is 197. The van der Waals surface area contributed by atoms with Crippen molar-refractivity contribution in [3.63, 3.8) is 0 Å². The van der Waals surface area contributed by atoms with Gasteiger partial charge < -0.3 is 10.1 Å². The summed E-state index contributed by atoms with van der Waals surface area (Å²) in [6, 6.07) is 0.594. The van der Waals surface area contributed by atoms with E-state index in [0.717, 1.165) is 19.1 Å². The number of rotatable bonds is 7. The molecule has 1 fully saturated rings. The summed E-state index contributed by atoms with van der Waals surface area (Å²) in [5.41, 5.74) is 0.497. The van der Waals surface area contributed by atoms with E-state index in [-0.39, 0.29) is 0 Å². The average molecular weight is 241 g/mol. The summed E-state index contributed by atoms with van der Waals surface area (Å²) >= 11 is 0.